The van der Waals surface area contributed by atoms with Crippen LogP contribution >= 0.6 is 0 Å². The molecule has 3 N–H and O–H groups in total. The molecule has 20 heavy (non-hydrogen) atoms. The van der Waals surface area contributed by atoms with E-state index in [0.717, 1.165) is 4.90 Å². The summed E-state index contributed by atoms with van der Waals surface area (Å²) in [6.45, 7) is 5.71. The van der Waals surface area contributed by atoms with Crippen LogP contribution in [0.1, 0.15) is 37.6 Å². The summed E-state index contributed by atoms with van der Waals surface area (Å²) in [5.41, 5.74) is 6.55. The van der Waals surface area contributed by atoms with E-state index in [2.05, 4.69) is 15.3 Å². The maximum atomic E-state index is 11.9. The largest absolute Gasteiger partial charge is 0.383 e. The van der Waals surface area contributed by atoms with Crippen LogP contribution in [-0.4, -0.2) is 39.8 Å². The number of carbonyl (C=O) groups excluding carboxylic acids is 2. The van der Waals surface area contributed by atoms with E-state index in [4.69, 9.17) is 5.73 Å². The zero-order valence-corrected chi connectivity index (χ0v) is 12.1. The summed E-state index contributed by atoms with van der Waals surface area (Å²) in [5, 5.41) is 3.01. The molecule has 0 radical (unpaired) electrons. The molecule has 0 spiro atoms. The lowest BCUT2D eigenvalue weighted by atomic mass is 10.2. The van der Waals surface area contributed by atoms with Crippen molar-refractivity contribution in [3.63, 3.8) is 0 Å². The zero-order chi connectivity index (χ0) is 15.0. The summed E-state index contributed by atoms with van der Waals surface area (Å²) >= 11 is 0. The average molecular weight is 277 g/mol. The van der Waals surface area contributed by atoms with Crippen LogP contribution in [0.15, 0.2) is 0 Å². The van der Waals surface area contributed by atoms with Crippen LogP contribution in [0.25, 0.3) is 0 Å². The van der Waals surface area contributed by atoms with Crippen LogP contribution in [0, 0.1) is 6.92 Å². The lowest BCUT2D eigenvalue weighted by molar-refractivity contribution is -0.136. The third-order valence-corrected chi connectivity index (χ3v) is 3.41. The van der Waals surface area contributed by atoms with Crippen LogP contribution in [-0.2, 0) is 9.59 Å². The van der Waals surface area contributed by atoms with Gasteiger partial charge in [-0.25, -0.2) is 9.97 Å². The number of hydrogen-bond donors (Lipinski definition) is 2. The Morgan fingerprint density at radius 2 is 2.00 bits per heavy atom. The molecular weight excluding hydrogens is 258 g/mol. The summed E-state index contributed by atoms with van der Waals surface area (Å²) in [4.78, 5) is 33.2. The molecule has 0 bridgehead atoms. The van der Waals surface area contributed by atoms with Gasteiger partial charge in [0.1, 0.15) is 23.5 Å². The van der Waals surface area contributed by atoms with Crippen molar-refractivity contribution < 1.29 is 9.59 Å². The van der Waals surface area contributed by atoms with E-state index in [0.29, 0.717) is 23.0 Å². The third kappa shape index (κ3) is 2.43. The van der Waals surface area contributed by atoms with Crippen molar-refractivity contribution in [3.05, 3.63) is 11.4 Å². The number of imide groups is 1. The summed E-state index contributed by atoms with van der Waals surface area (Å²) in [6.07, 6.45) is 0.135. The van der Waals surface area contributed by atoms with Crippen LogP contribution in [0.5, 0.6) is 0 Å². The van der Waals surface area contributed by atoms with Gasteiger partial charge in [-0.05, 0) is 6.92 Å². The van der Waals surface area contributed by atoms with Crippen LogP contribution in [0.2, 0.25) is 0 Å². The topological polar surface area (TPSA) is 101 Å². The molecule has 1 fully saturated rings. The van der Waals surface area contributed by atoms with Gasteiger partial charge in [0, 0.05) is 18.5 Å². The highest BCUT2D eigenvalue weighted by atomic mass is 16.2. The number of likely N-dealkylation sites (N-methyl/N-ethyl adjacent to an activating group) is 1. The standard InChI is InChI=1S/C13H19N5O2/c1-6(2)11-16-10(14)7(3)12(17-11)15-8-5-9(19)18(4)13(8)20/h6,8H,5H2,1-4H3,(H3,14,15,16,17). The summed E-state index contributed by atoms with van der Waals surface area (Å²) < 4.78 is 0. The Morgan fingerprint density at radius 1 is 1.35 bits per heavy atom. The van der Waals surface area contributed by atoms with Gasteiger partial charge in [-0.1, -0.05) is 13.8 Å². The number of nitrogen functional groups attached to an aromatic ring is 1. The molecule has 1 atom stereocenters. The van der Waals surface area contributed by atoms with E-state index in [1.165, 1.54) is 7.05 Å². The van der Waals surface area contributed by atoms with Gasteiger partial charge in [0.05, 0.1) is 6.42 Å². The number of nitrogens with one attached hydrogen (secondary N) is 1. The minimum atomic E-state index is -0.583. The van der Waals surface area contributed by atoms with E-state index in [1.54, 1.807) is 6.92 Å². The highest BCUT2D eigenvalue weighted by molar-refractivity contribution is 6.06. The molecule has 1 aliphatic heterocycles. The minimum absolute atomic E-state index is 0.127. The molecule has 0 aromatic carbocycles. The Kier molecular flexibility index (Phi) is 3.61. The van der Waals surface area contributed by atoms with Crippen molar-refractivity contribution in [2.45, 2.75) is 39.2 Å². The predicted molar refractivity (Wildman–Crippen MR) is 75.1 cm³/mol. The first-order valence-corrected chi connectivity index (χ1v) is 6.52. The fraction of sp³-hybridized carbons (Fsp3) is 0.538. The maximum Gasteiger partial charge on any atom is 0.251 e. The number of hydrogen-bond acceptors (Lipinski definition) is 6. The van der Waals surface area contributed by atoms with Crippen LogP contribution in [0.3, 0.4) is 0 Å². The number of rotatable bonds is 3. The first-order chi connectivity index (χ1) is 9.31. The number of likely N-dealkylation sites (tertiary alicyclic amines) is 1. The smallest absolute Gasteiger partial charge is 0.251 e. The van der Waals surface area contributed by atoms with Crippen molar-refractivity contribution in [2.24, 2.45) is 0 Å². The molecular formula is C13H19N5O2. The number of nitrogens with two attached hydrogens (primary N) is 1. The number of anilines is 2. The summed E-state index contributed by atoms with van der Waals surface area (Å²) in [7, 11) is 1.48. The van der Waals surface area contributed by atoms with Gasteiger partial charge in [0.15, 0.2) is 0 Å². The van der Waals surface area contributed by atoms with Gasteiger partial charge >= 0.3 is 0 Å². The lowest BCUT2D eigenvalue weighted by Gasteiger charge is -2.16. The Balaban J connectivity index is 2.30. The fourth-order valence-corrected chi connectivity index (χ4v) is 1.98. The first kappa shape index (κ1) is 14.2. The maximum absolute atomic E-state index is 11.9. The molecule has 2 amide bonds. The molecule has 1 saturated heterocycles. The van der Waals surface area contributed by atoms with Crippen LogP contribution < -0.4 is 11.1 Å². The van der Waals surface area contributed by atoms with E-state index >= 15 is 0 Å². The van der Waals surface area contributed by atoms with Crippen molar-refractivity contribution in [1.82, 2.24) is 14.9 Å². The number of carbonyl (C=O) groups is 2. The molecule has 0 aliphatic carbocycles. The minimum Gasteiger partial charge on any atom is -0.383 e. The average Bonchev–Trinajstić information content (AvgIpc) is 2.62. The SMILES string of the molecule is Cc1c(N)nc(C(C)C)nc1NC1CC(=O)N(C)C1=O. The van der Waals surface area contributed by atoms with Gasteiger partial charge in [-0.3, -0.25) is 14.5 Å². The van der Waals surface area contributed by atoms with Gasteiger partial charge in [0.2, 0.25) is 5.91 Å². The van der Waals surface area contributed by atoms with Gasteiger partial charge in [0.25, 0.3) is 5.91 Å². The fourth-order valence-electron chi connectivity index (χ4n) is 1.98. The summed E-state index contributed by atoms with van der Waals surface area (Å²) in [6, 6.07) is -0.583. The van der Waals surface area contributed by atoms with Crippen molar-refractivity contribution in [3.8, 4) is 0 Å². The molecule has 2 heterocycles. The van der Waals surface area contributed by atoms with E-state index in [9.17, 15) is 9.59 Å². The van der Waals surface area contributed by atoms with E-state index in [1.807, 2.05) is 13.8 Å². The zero-order valence-electron chi connectivity index (χ0n) is 12.1. The van der Waals surface area contributed by atoms with Crippen molar-refractivity contribution >= 4 is 23.5 Å². The Labute approximate surface area is 117 Å². The molecule has 1 aliphatic rings. The van der Waals surface area contributed by atoms with E-state index in [-0.39, 0.29) is 24.2 Å². The molecule has 1 unspecified atom stereocenters. The second-order valence-electron chi connectivity index (χ2n) is 5.29. The monoisotopic (exact) mass is 277 g/mol. The van der Waals surface area contributed by atoms with Crippen LogP contribution in [0.4, 0.5) is 11.6 Å². The van der Waals surface area contributed by atoms with Crippen molar-refractivity contribution in [1.29, 1.82) is 0 Å². The quantitative estimate of drug-likeness (QED) is 0.787. The molecule has 7 nitrogen and oxygen atoms in total. The molecule has 7 heteroatoms. The Bertz CT molecular complexity index is 570. The molecule has 1 aromatic heterocycles. The first-order valence-electron chi connectivity index (χ1n) is 6.52. The van der Waals surface area contributed by atoms with Crippen molar-refractivity contribution in [2.75, 3.05) is 18.1 Å². The van der Waals surface area contributed by atoms with Gasteiger partial charge in [-0.15, -0.1) is 0 Å². The van der Waals surface area contributed by atoms with Gasteiger partial charge in [-0.2, -0.15) is 0 Å². The molecule has 2 rings (SSSR count). The number of nitrogens with zero attached hydrogens (tertiary/aromatic N) is 3. The van der Waals surface area contributed by atoms with E-state index < -0.39 is 6.04 Å². The lowest BCUT2D eigenvalue weighted by Crippen LogP contribution is -2.32. The highest BCUT2D eigenvalue weighted by Crippen LogP contribution is 2.23. The normalized spacial score (nSPS) is 19.1. The molecule has 0 saturated carbocycles. The summed E-state index contributed by atoms with van der Waals surface area (Å²) in [5.74, 6) is 1.19. The number of aromatic nitrogens is 2. The highest BCUT2D eigenvalue weighted by Gasteiger charge is 2.36. The second-order valence-corrected chi connectivity index (χ2v) is 5.29. The Hall–Kier alpha value is -2.18. The third-order valence-electron chi connectivity index (χ3n) is 3.41. The predicted octanol–water partition coefficient (Wildman–Crippen LogP) is 0.660. The number of amides is 2. The second kappa shape index (κ2) is 5.07. The molecule has 1 aromatic rings. The van der Waals surface area contributed by atoms with Gasteiger partial charge < -0.3 is 11.1 Å². The Morgan fingerprint density at radius 3 is 2.50 bits per heavy atom. The molecule has 108 valence electrons.